The molecule has 2 heterocycles. The molecule has 3 atom stereocenters. The molecule has 1 aromatic carbocycles. The van der Waals surface area contributed by atoms with Gasteiger partial charge in [0, 0.05) is 18.0 Å². The predicted octanol–water partition coefficient (Wildman–Crippen LogP) is 2.19. The number of urea groups is 1. The van der Waals surface area contributed by atoms with E-state index in [-0.39, 0.29) is 11.1 Å². The number of hydrogen-bond donors (Lipinski definition) is 3. The van der Waals surface area contributed by atoms with Gasteiger partial charge in [-0.3, -0.25) is 9.78 Å². The summed E-state index contributed by atoms with van der Waals surface area (Å²) in [6, 6.07) is 5.74. The molecule has 3 rings (SSSR count). The Bertz CT molecular complexity index is 874. The quantitative estimate of drug-likeness (QED) is 0.689. The number of hydrogen-bond acceptors (Lipinski definition) is 5. The lowest BCUT2D eigenvalue weighted by Gasteiger charge is -2.45. The fourth-order valence-corrected chi connectivity index (χ4v) is 3.12. The van der Waals surface area contributed by atoms with Gasteiger partial charge in [-0.1, -0.05) is 12.1 Å². The van der Waals surface area contributed by atoms with Crippen LogP contribution in [0.2, 0.25) is 0 Å². The number of ketones is 1. The number of ether oxygens (including phenoxy) is 1. The second kappa shape index (κ2) is 7.12. The summed E-state index contributed by atoms with van der Waals surface area (Å²) in [4.78, 5) is 28.6. The maximum Gasteiger partial charge on any atom is 0.437 e. The third kappa shape index (κ3) is 3.38. The van der Waals surface area contributed by atoms with Gasteiger partial charge in [-0.15, -0.1) is 0 Å². The Morgan fingerprint density at radius 2 is 1.93 bits per heavy atom. The van der Waals surface area contributed by atoms with Crippen molar-refractivity contribution in [2.24, 2.45) is 5.92 Å². The molecule has 1 saturated heterocycles. The molecule has 1 aliphatic rings. The maximum atomic E-state index is 13.8. The highest BCUT2D eigenvalue weighted by Crippen LogP contribution is 2.44. The van der Waals surface area contributed by atoms with Crippen molar-refractivity contribution in [3.63, 3.8) is 0 Å². The van der Waals surface area contributed by atoms with E-state index >= 15 is 0 Å². The summed E-state index contributed by atoms with van der Waals surface area (Å²) in [6.45, 7) is 0. The summed E-state index contributed by atoms with van der Waals surface area (Å²) in [5, 5.41) is 14.2. The number of aromatic nitrogens is 1. The zero-order valence-electron chi connectivity index (χ0n) is 14.5. The first-order chi connectivity index (χ1) is 13.2. The third-order valence-corrected chi connectivity index (χ3v) is 4.51. The van der Waals surface area contributed by atoms with Gasteiger partial charge in [0.15, 0.2) is 5.78 Å². The standard InChI is InChI=1S/C18H16F3N3O4/c1-28-12-6-4-10(5-7-12)14-13(15(25)11-3-2-8-22-9-11)17(27,18(19,20)21)24-16(26)23-14/h2-9,13-14,27H,1H3,(H2,23,24,26)/t13-,14+,17+/m0/s1. The molecular weight excluding hydrogens is 379 g/mol. The van der Waals surface area contributed by atoms with Crippen molar-refractivity contribution in [1.29, 1.82) is 0 Å². The first-order valence-corrected chi connectivity index (χ1v) is 8.13. The van der Waals surface area contributed by atoms with E-state index in [0.717, 1.165) is 6.20 Å². The van der Waals surface area contributed by atoms with Gasteiger partial charge < -0.3 is 20.5 Å². The lowest BCUT2D eigenvalue weighted by atomic mass is 9.77. The van der Waals surface area contributed by atoms with E-state index in [1.54, 1.807) is 0 Å². The highest BCUT2D eigenvalue weighted by Gasteiger charge is 2.66. The zero-order chi connectivity index (χ0) is 20.5. The van der Waals surface area contributed by atoms with Gasteiger partial charge in [0.1, 0.15) is 11.7 Å². The van der Waals surface area contributed by atoms with Crippen molar-refractivity contribution in [1.82, 2.24) is 15.6 Å². The molecule has 2 aromatic rings. The fourth-order valence-electron chi connectivity index (χ4n) is 3.12. The molecule has 7 nitrogen and oxygen atoms in total. The van der Waals surface area contributed by atoms with Crippen LogP contribution >= 0.6 is 0 Å². The molecule has 148 valence electrons. The van der Waals surface area contributed by atoms with E-state index in [1.807, 2.05) is 0 Å². The number of halogens is 3. The molecule has 0 unspecified atom stereocenters. The highest BCUT2D eigenvalue weighted by molar-refractivity contribution is 6.00. The Hall–Kier alpha value is -3.14. The number of aliphatic hydroxyl groups is 1. The largest absolute Gasteiger partial charge is 0.497 e. The third-order valence-electron chi connectivity index (χ3n) is 4.51. The summed E-state index contributed by atoms with van der Waals surface area (Å²) in [5.41, 5.74) is -3.71. The molecule has 0 saturated carbocycles. The van der Waals surface area contributed by atoms with Gasteiger partial charge in [-0.05, 0) is 29.8 Å². The molecule has 28 heavy (non-hydrogen) atoms. The molecule has 3 N–H and O–H groups in total. The summed E-state index contributed by atoms with van der Waals surface area (Å²) < 4.78 is 46.3. The van der Waals surface area contributed by atoms with Crippen molar-refractivity contribution < 1.29 is 32.6 Å². The summed E-state index contributed by atoms with van der Waals surface area (Å²) >= 11 is 0. The predicted molar refractivity (Wildman–Crippen MR) is 90.5 cm³/mol. The van der Waals surface area contributed by atoms with E-state index < -0.39 is 35.7 Å². The summed E-state index contributed by atoms with van der Waals surface area (Å²) in [5.74, 6) is -2.69. The number of benzene rings is 1. The van der Waals surface area contributed by atoms with Crippen LogP contribution in [-0.4, -0.2) is 40.9 Å². The van der Waals surface area contributed by atoms with Crippen LogP contribution in [0.4, 0.5) is 18.0 Å². The molecule has 0 aliphatic carbocycles. The zero-order valence-corrected chi connectivity index (χ0v) is 14.5. The monoisotopic (exact) mass is 395 g/mol. The van der Waals surface area contributed by atoms with Crippen molar-refractivity contribution in [2.45, 2.75) is 17.9 Å². The van der Waals surface area contributed by atoms with Crippen LogP contribution in [0.25, 0.3) is 0 Å². The molecule has 10 heteroatoms. The number of pyridine rings is 1. The van der Waals surface area contributed by atoms with E-state index in [2.05, 4.69) is 10.3 Å². The molecule has 1 aromatic heterocycles. The number of methoxy groups -OCH3 is 1. The molecule has 1 fully saturated rings. The fraction of sp³-hybridized carbons (Fsp3) is 0.278. The van der Waals surface area contributed by atoms with Gasteiger partial charge in [-0.25, -0.2) is 4.79 Å². The molecular formula is C18H16F3N3O4. The minimum Gasteiger partial charge on any atom is -0.497 e. The number of Topliss-reactive ketones (excluding diaryl/α,β-unsaturated/α-hetero) is 1. The van der Waals surface area contributed by atoms with Gasteiger partial charge in [0.2, 0.25) is 5.72 Å². The molecule has 0 spiro atoms. The molecule has 0 bridgehead atoms. The minimum atomic E-state index is -5.31. The van der Waals surface area contributed by atoms with Gasteiger partial charge >= 0.3 is 12.2 Å². The number of amides is 2. The molecule has 0 radical (unpaired) electrons. The minimum absolute atomic E-state index is 0.133. The van der Waals surface area contributed by atoms with E-state index in [0.29, 0.717) is 5.75 Å². The Kier molecular flexibility index (Phi) is 4.99. The van der Waals surface area contributed by atoms with Crippen LogP contribution in [0.5, 0.6) is 5.75 Å². The van der Waals surface area contributed by atoms with Gasteiger partial charge in [0.25, 0.3) is 0 Å². The first kappa shape index (κ1) is 19.6. The highest BCUT2D eigenvalue weighted by atomic mass is 19.4. The second-order valence-electron chi connectivity index (χ2n) is 6.20. The number of carbonyl (C=O) groups excluding carboxylic acids is 2. The molecule has 1 aliphatic heterocycles. The second-order valence-corrected chi connectivity index (χ2v) is 6.20. The van der Waals surface area contributed by atoms with Crippen LogP contribution < -0.4 is 15.4 Å². The average Bonchev–Trinajstić information content (AvgIpc) is 2.67. The number of rotatable bonds is 4. The molecule has 2 amide bonds. The lowest BCUT2D eigenvalue weighted by Crippen LogP contribution is -2.72. The van der Waals surface area contributed by atoms with Crippen LogP contribution in [0, 0.1) is 5.92 Å². The number of carbonyl (C=O) groups is 2. The SMILES string of the molecule is COc1ccc([C@H]2NC(=O)N[C@](O)(C(F)(F)F)[C@@H]2C(=O)c2cccnc2)cc1. The number of nitrogens with one attached hydrogen (secondary N) is 2. The lowest BCUT2D eigenvalue weighted by molar-refractivity contribution is -0.287. The Morgan fingerprint density at radius 3 is 2.46 bits per heavy atom. The normalized spacial score (nSPS) is 24.8. The summed E-state index contributed by atoms with van der Waals surface area (Å²) in [6.07, 6.45) is -2.85. The van der Waals surface area contributed by atoms with Gasteiger partial charge in [-0.2, -0.15) is 13.2 Å². The van der Waals surface area contributed by atoms with Crippen molar-refractivity contribution in [3.05, 3.63) is 59.9 Å². The topological polar surface area (TPSA) is 101 Å². The van der Waals surface area contributed by atoms with Crippen LogP contribution in [0.1, 0.15) is 22.0 Å². The Balaban J connectivity index is 2.13. The average molecular weight is 395 g/mol. The van der Waals surface area contributed by atoms with Crippen LogP contribution in [0.15, 0.2) is 48.8 Å². The van der Waals surface area contributed by atoms with Crippen LogP contribution in [-0.2, 0) is 0 Å². The Labute approximate surface area is 157 Å². The van der Waals surface area contributed by atoms with Crippen molar-refractivity contribution in [2.75, 3.05) is 7.11 Å². The van der Waals surface area contributed by atoms with Crippen molar-refractivity contribution >= 4 is 11.8 Å². The number of nitrogens with zero attached hydrogens (tertiary/aromatic N) is 1. The smallest absolute Gasteiger partial charge is 0.437 e. The van der Waals surface area contributed by atoms with E-state index in [9.17, 15) is 27.9 Å². The number of alkyl halides is 3. The first-order valence-electron chi connectivity index (χ1n) is 8.13. The van der Waals surface area contributed by atoms with E-state index in [4.69, 9.17) is 4.74 Å². The maximum absolute atomic E-state index is 13.8. The summed E-state index contributed by atoms with van der Waals surface area (Å²) in [7, 11) is 1.42. The van der Waals surface area contributed by atoms with Gasteiger partial charge in [0.05, 0.1) is 13.2 Å². The van der Waals surface area contributed by atoms with Crippen molar-refractivity contribution in [3.8, 4) is 5.75 Å². The van der Waals surface area contributed by atoms with E-state index in [1.165, 1.54) is 55.0 Å². The Morgan fingerprint density at radius 1 is 1.25 bits per heavy atom. The van der Waals surface area contributed by atoms with Crippen LogP contribution in [0.3, 0.4) is 0 Å².